The predicted molar refractivity (Wildman–Crippen MR) is 74.7 cm³/mol. The molecule has 0 saturated carbocycles. The van der Waals surface area contributed by atoms with Crippen LogP contribution in [0, 0.1) is 5.82 Å². The Hall–Kier alpha value is -2.62. The molecule has 1 aromatic heterocycles. The largest absolute Gasteiger partial charge is 0.497 e. The van der Waals surface area contributed by atoms with Crippen LogP contribution >= 0.6 is 0 Å². The Morgan fingerprint density at radius 2 is 2.05 bits per heavy atom. The van der Waals surface area contributed by atoms with Gasteiger partial charge >= 0.3 is 0 Å². The van der Waals surface area contributed by atoms with E-state index in [1.165, 1.54) is 18.2 Å². The van der Waals surface area contributed by atoms with Crippen molar-refractivity contribution in [2.75, 3.05) is 7.11 Å². The van der Waals surface area contributed by atoms with E-state index in [0.29, 0.717) is 16.9 Å². The highest BCUT2D eigenvalue weighted by Crippen LogP contribution is 2.25. The zero-order valence-electron chi connectivity index (χ0n) is 10.8. The van der Waals surface area contributed by atoms with Crippen molar-refractivity contribution in [2.45, 2.75) is 0 Å². The summed E-state index contributed by atoms with van der Waals surface area (Å²) >= 11 is 0. The van der Waals surface area contributed by atoms with Gasteiger partial charge in [0.15, 0.2) is 5.78 Å². The van der Waals surface area contributed by atoms with Crippen LogP contribution in [0.4, 0.5) is 4.39 Å². The van der Waals surface area contributed by atoms with Crippen molar-refractivity contribution in [1.29, 1.82) is 0 Å². The molecular formula is C16H12FNO2. The van der Waals surface area contributed by atoms with E-state index in [1.807, 2.05) is 12.1 Å². The van der Waals surface area contributed by atoms with Gasteiger partial charge in [0.05, 0.1) is 7.11 Å². The molecular weight excluding hydrogens is 257 g/mol. The lowest BCUT2D eigenvalue weighted by atomic mass is 10.0. The number of carbonyl (C=O) groups excluding carboxylic acids is 1. The van der Waals surface area contributed by atoms with E-state index in [4.69, 9.17) is 4.74 Å². The topological polar surface area (TPSA) is 42.1 Å². The first kappa shape index (κ1) is 12.4. The summed E-state index contributed by atoms with van der Waals surface area (Å²) in [6.07, 6.45) is 1.64. The molecule has 0 aliphatic rings. The molecule has 0 bridgehead atoms. The molecule has 0 atom stereocenters. The van der Waals surface area contributed by atoms with E-state index in [2.05, 4.69) is 4.98 Å². The molecule has 0 radical (unpaired) electrons. The molecule has 100 valence electrons. The van der Waals surface area contributed by atoms with E-state index in [-0.39, 0.29) is 5.78 Å². The molecule has 0 saturated heterocycles. The third-order valence-corrected chi connectivity index (χ3v) is 3.22. The number of aromatic nitrogens is 1. The molecule has 20 heavy (non-hydrogen) atoms. The third-order valence-electron chi connectivity index (χ3n) is 3.22. The van der Waals surface area contributed by atoms with Gasteiger partial charge in [-0.2, -0.15) is 0 Å². The second-order valence-electron chi connectivity index (χ2n) is 4.45. The smallest absolute Gasteiger partial charge is 0.195 e. The maximum atomic E-state index is 13.2. The van der Waals surface area contributed by atoms with Crippen molar-refractivity contribution in [3.8, 4) is 5.75 Å². The van der Waals surface area contributed by atoms with Crippen molar-refractivity contribution >= 4 is 16.7 Å². The second-order valence-corrected chi connectivity index (χ2v) is 4.45. The van der Waals surface area contributed by atoms with Gasteiger partial charge in [-0.25, -0.2) is 4.39 Å². The number of hydrogen-bond donors (Lipinski definition) is 1. The van der Waals surface area contributed by atoms with Crippen LogP contribution in [0.3, 0.4) is 0 Å². The lowest BCUT2D eigenvalue weighted by molar-refractivity contribution is 0.104. The Labute approximate surface area is 115 Å². The van der Waals surface area contributed by atoms with E-state index in [9.17, 15) is 9.18 Å². The summed E-state index contributed by atoms with van der Waals surface area (Å²) in [5.74, 6) is 0.0302. The number of ether oxygens (including phenoxy) is 1. The first-order valence-electron chi connectivity index (χ1n) is 6.14. The fraction of sp³-hybridized carbons (Fsp3) is 0.0625. The Balaban J connectivity index is 2.12. The molecule has 1 N–H and O–H groups in total. The van der Waals surface area contributed by atoms with Gasteiger partial charge in [0, 0.05) is 28.2 Å². The second kappa shape index (κ2) is 4.81. The van der Waals surface area contributed by atoms with Crippen LogP contribution in [0.2, 0.25) is 0 Å². The van der Waals surface area contributed by atoms with Gasteiger partial charge in [-0.3, -0.25) is 4.79 Å². The number of nitrogens with one attached hydrogen (secondary N) is 1. The van der Waals surface area contributed by atoms with Crippen LogP contribution in [-0.2, 0) is 0 Å². The Morgan fingerprint density at radius 3 is 2.80 bits per heavy atom. The zero-order chi connectivity index (χ0) is 14.1. The zero-order valence-corrected chi connectivity index (χ0v) is 10.8. The van der Waals surface area contributed by atoms with Crippen molar-refractivity contribution < 1.29 is 13.9 Å². The van der Waals surface area contributed by atoms with Crippen molar-refractivity contribution in [2.24, 2.45) is 0 Å². The average Bonchev–Trinajstić information content (AvgIpc) is 2.89. The van der Waals surface area contributed by atoms with Gasteiger partial charge < -0.3 is 9.72 Å². The SMILES string of the molecule is COc1ccc2[nH]cc(C(=O)c3cccc(F)c3)c2c1. The Bertz CT molecular complexity index is 792. The van der Waals surface area contributed by atoms with Crippen molar-refractivity contribution in [3.05, 3.63) is 65.6 Å². The van der Waals surface area contributed by atoms with E-state index in [0.717, 1.165) is 10.9 Å². The molecule has 3 rings (SSSR count). The first-order chi connectivity index (χ1) is 9.69. The van der Waals surface area contributed by atoms with Gasteiger partial charge in [0.2, 0.25) is 0 Å². The number of aromatic amines is 1. The summed E-state index contributed by atoms with van der Waals surface area (Å²) in [6.45, 7) is 0. The van der Waals surface area contributed by atoms with E-state index < -0.39 is 5.82 Å². The molecule has 0 aliphatic carbocycles. The lowest BCUT2D eigenvalue weighted by Crippen LogP contribution is -2.00. The molecule has 4 heteroatoms. The van der Waals surface area contributed by atoms with Crippen LogP contribution in [0.1, 0.15) is 15.9 Å². The van der Waals surface area contributed by atoms with E-state index >= 15 is 0 Å². The number of ketones is 1. The Morgan fingerprint density at radius 1 is 1.20 bits per heavy atom. The molecule has 0 unspecified atom stereocenters. The molecule has 0 spiro atoms. The maximum absolute atomic E-state index is 13.2. The van der Waals surface area contributed by atoms with Crippen molar-refractivity contribution in [3.63, 3.8) is 0 Å². The molecule has 3 nitrogen and oxygen atoms in total. The summed E-state index contributed by atoms with van der Waals surface area (Å²) in [7, 11) is 1.57. The summed E-state index contributed by atoms with van der Waals surface area (Å²) in [5, 5.41) is 0.763. The minimum atomic E-state index is -0.423. The first-order valence-corrected chi connectivity index (χ1v) is 6.14. The van der Waals surface area contributed by atoms with Gasteiger partial charge in [0.25, 0.3) is 0 Å². The van der Waals surface area contributed by atoms with Crippen LogP contribution < -0.4 is 4.74 Å². The number of carbonyl (C=O) groups is 1. The summed E-state index contributed by atoms with van der Waals surface area (Å²) in [5.41, 5.74) is 1.67. The monoisotopic (exact) mass is 269 g/mol. The molecule has 0 amide bonds. The highest BCUT2D eigenvalue weighted by molar-refractivity contribution is 6.16. The Kier molecular flexibility index (Phi) is 2.99. The highest BCUT2D eigenvalue weighted by Gasteiger charge is 2.15. The molecule has 2 aromatic carbocycles. The normalized spacial score (nSPS) is 10.7. The number of benzene rings is 2. The van der Waals surface area contributed by atoms with Gasteiger partial charge in [-0.1, -0.05) is 12.1 Å². The molecule has 1 heterocycles. The summed E-state index contributed by atoms with van der Waals surface area (Å²) in [6, 6.07) is 11.1. The fourth-order valence-corrected chi connectivity index (χ4v) is 2.20. The molecule has 0 fully saturated rings. The number of H-pyrrole nitrogens is 1. The maximum Gasteiger partial charge on any atom is 0.195 e. The highest BCUT2D eigenvalue weighted by atomic mass is 19.1. The number of fused-ring (bicyclic) bond motifs is 1. The van der Waals surface area contributed by atoms with Crippen LogP contribution in [0.15, 0.2) is 48.7 Å². The van der Waals surface area contributed by atoms with Crippen LogP contribution in [0.5, 0.6) is 5.75 Å². The minimum absolute atomic E-state index is 0.219. The predicted octanol–water partition coefficient (Wildman–Crippen LogP) is 3.55. The minimum Gasteiger partial charge on any atom is -0.497 e. The van der Waals surface area contributed by atoms with E-state index in [1.54, 1.807) is 25.4 Å². The third kappa shape index (κ3) is 2.05. The van der Waals surface area contributed by atoms with Crippen molar-refractivity contribution in [1.82, 2.24) is 4.98 Å². The number of rotatable bonds is 3. The van der Waals surface area contributed by atoms with Crippen LogP contribution in [0.25, 0.3) is 10.9 Å². The summed E-state index contributed by atoms with van der Waals surface area (Å²) in [4.78, 5) is 15.5. The number of hydrogen-bond acceptors (Lipinski definition) is 2. The fourth-order valence-electron chi connectivity index (χ4n) is 2.20. The quantitative estimate of drug-likeness (QED) is 0.739. The van der Waals surface area contributed by atoms with Gasteiger partial charge in [-0.15, -0.1) is 0 Å². The van der Waals surface area contributed by atoms with Crippen LogP contribution in [-0.4, -0.2) is 17.9 Å². The number of methoxy groups -OCH3 is 1. The van der Waals surface area contributed by atoms with Gasteiger partial charge in [-0.05, 0) is 30.3 Å². The summed E-state index contributed by atoms with van der Waals surface area (Å²) < 4.78 is 18.4. The molecule has 0 aliphatic heterocycles. The standard InChI is InChI=1S/C16H12FNO2/c1-20-12-5-6-15-13(8-12)14(9-18-15)16(19)10-3-2-4-11(17)7-10/h2-9,18H,1H3. The number of halogens is 1. The van der Waals surface area contributed by atoms with Gasteiger partial charge in [0.1, 0.15) is 11.6 Å². The lowest BCUT2D eigenvalue weighted by Gasteiger charge is -2.02. The molecule has 3 aromatic rings. The average molecular weight is 269 g/mol.